The van der Waals surface area contributed by atoms with Crippen LogP contribution >= 0.6 is 11.3 Å². The molecule has 0 aliphatic carbocycles. The summed E-state index contributed by atoms with van der Waals surface area (Å²) in [7, 11) is 1.44. The maximum Gasteiger partial charge on any atom is 0.323 e. The second-order valence-electron chi connectivity index (χ2n) is 3.53. The van der Waals surface area contributed by atoms with E-state index in [-0.39, 0.29) is 12.6 Å². The first-order chi connectivity index (χ1) is 8.04. The van der Waals surface area contributed by atoms with Gasteiger partial charge in [-0.1, -0.05) is 6.92 Å². The molecule has 0 aliphatic rings. The van der Waals surface area contributed by atoms with Gasteiger partial charge in [0, 0.05) is 18.6 Å². The largest absolute Gasteiger partial charge is 0.480 e. The maximum atomic E-state index is 11.7. The van der Waals surface area contributed by atoms with Crippen molar-refractivity contribution in [2.45, 2.75) is 19.4 Å². The van der Waals surface area contributed by atoms with Crippen LogP contribution in [-0.4, -0.2) is 40.6 Å². The van der Waals surface area contributed by atoms with Crippen molar-refractivity contribution in [3.63, 3.8) is 0 Å². The third-order valence-electron chi connectivity index (χ3n) is 2.17. The highest BCUT2D eigenvalue weighted by atomic mass is 32.1. The number of rotatable bonds is 5. The van der Waals surface area contributed by atoms with Crippen molar-refractivity contribution in [1.29, 1.82) is 0 Å². The molecule has 0 saturated carbocycles. The Morgan fingerprint density at radius 3 is 2.82 bits per heavy atom. The minimum absolute atomic E-state index is 0.168. The van der Waals surface area contributed by atoms with Gasteiger partial charge in [-0.2, -0.15) is 0 Å². The average molecular weight is 257 g/mol. The molecule has 0 aromatic carbocycles. The number of likely N-dealkylation sites (N-methyl/N-ethyl adjacent to an activating group) is 1. The number of carbonyl (C=O) groups excluding carboxylic acids is 1. The molecule has 94 valence electrons. The van der Waals surface area contributed by atoms with Gasteiger partial charge in [0.1, 0.15) is 11.6 Å². The SMILES string of the molecule is CCC(NC(=O)N(C)CC(=O)O)c1nccs1. The number of urea groups is 1. The van der Waals surface area contributed by atoms with Crippen molar-refractivity contribution in [2.75, 3.05) is 13.6 Å². The standard InChI is InChI=1S/C10H15N3O3S/c1-3-7(9-11-4-5-17-9)12-10(16)13(2)6-8(14)15/h4-5,7H,3,6H2,1-2H3,(H,12,16)(H,14,15). The van der Waals surface area contributed by atoms with Gasteiger partial charge in [-0.05, 0) is 6.42 Å². The van der Waals surface area contributed by atoms with Crippen molar-refractivity contribution in [3.8, 4) is 0 Å². The fourth-order valence-corrected chi connectivity index (χ4v) is 2.05. The molecule has 1 heterocycles. The van der Waals surface area contributed by atoms with E-state index in [1.54, 1.807) is 6.20 Å². The number of nitrogens with one attached hydrogen (secondary N) is 1. The second-order valence-corrected chi connectivity index (χ2v) is 4.46. The molecule has 0 bridgehead atoms. The van der Waals surface area contributed by atoms with Crippen molar-refractivity contribution >= 4 is 23.3 Å². The first kappa shape index (κ1) is 13.4. The Morgan fingerprint density at radius 2 is 2.35 bits per heavy atom. The summed E-state index contributed by atoms with van der Waals surface area (Å²) in [6, 6.07) is -0.576. The summed E-state index contributed by atoms with van der Waals surface area (Å²) < 4.78 is 0. The number of thiazole rings is 1. The summed E-state index contributed by atoms with van der Waals surface area (Å²) in [4.78, 5) is 27.4. The zero-order chi connectivity index (χ0) is 12.8. The number of carboxylic acids is 1. The van der Waals surface area contributed by atoms with Crippen LogP contribution in [0.2, 0.25) is 0 Å². The van der Waals surface area contributed by atoms with E-state index >= 15 is 0 Å². The van der Waals surface area contributed by atoms with Crippen LogP contribution < -0.4 is 5.32 Å². The Labute approximate surface area is 103 Å². The number of carboxylic acid groups (broad SMARTS) is 1. The molecule has 1 unspecified atom stereocenters. The normalized spacial score (nSPS) is 11.9. The molecule has 2 N–H and O–H groups in total. The number of hydrogen-bond donors (Lipinski definition) is 2. The van der Waals surface area contributed by atoms with E-state index < -0.39 is 12.0 Å². The van der Waals surface area contributed by atoms with Gasteiger partial charge in [-0.3, -0.25) is 4.79 Å². The zero-order valence-corrected chi connectivity index (χ0v) is 10.5. The topological polar surface area (TPSA) is 82.5 Å². The summed E-state index contributed by atoms with van der Waals surface area (Å²) in [6.45, 7) is 1.61. The summed E-state index contributed by atoms with van der Waals surface area (Å²) in [5, 5.41) is 14.0. The fourth-order valence-electron chi connectivity index (χ4n) is 1.28. The van der Waals surface area contributed by atoms with E-state index in [4.69, 9.17) is 5.11 Å². The highest BCUT2D eigenvalue weighted by Crippen LogP contribution is 2.18. The fraction of sp³-hybridized carbons (Fsp3) is 0.500. The molecule has 1 rings (SSSR count). The molecule has 1 aromatic heterocycles. The van der Waals surface area contributed by atoms with Crippen LogP contribution in [0, 0.1) is 0 Å². The lowest BCUT2D eigenvalue weighted by Gasteiger charge is -2.20. The lowest BCUT2D eigenvalue weighted by atomic mass is 10.2. The van der Waals surface area contributed by atoms with Crippen molar-refractivity contribution in [3.05, 3.63) is 16.6 Å². The van der Waals surface area contributed by atoms with Crippen molar-refractivity contribution in [2.24, 2.45) is 0 Å². The van der Waals surface area contributed by atoms with Crippen LogP contribution in [-0.2, 0) is 4.79 Å². The minimum atomic E-state index is -1.04. The van der Waals surface area contributed by atoms with E-state index in [1.165, 1.54) is 18.4 Å². The lowest BCUT2D eigenvalue weighted by molar-refractivity contribution is -0.137. The van der Waals surface area contributed by atoms with Gasteiger partial charge in [0.15, 0.2) is 0 Å². The van der Waals surface area contributed by atoms with Crippen molar-refractivity contribution < 1.29 is 14.7 Å². The Morgan fingerprint density at radius 1 is 1.65 bits per heavy atom. The van der Waals surface area contributed by atoms with Crippen LogP contribution in [0.3, 0.4) is 0 Å². The number of carbonyl (C=O) groups is 2. The molecule has 6 nitrogen and oxygen atoms in total. The monoisotopic (exact) mass is 257 g/mol. The average Bonchev–Trinajstić information content (AvgIpc) is 2.77. The molecule has 1 aromatic rings. The molecule has 0 radical (unpaired) electrons. The van der Waals surface area contributed by atoms with Crippen LogP contribution in [0.4, 0.5) is 4.79 Å². The Bertz CT molecular complexity index is 380. The van der Waals surface area contributed by atoms with Gasteiger partial charge in [0.2, 0.25) is 0 Å². The minimum Gasteiger partial charge on any atom is -0.480 e. The molecule has 0 spiro atoms. The van der Waals surface area contributed by atoms with E-state index in [2.05, 4.69) is 10.3 Å². The van der Waals surface area contributed by atoms with Gasteiger partial charge in [0.05, 0.1) is 6.04 Å². The summed E-state index contributed by atoms with van der Waals surface area (Å²) >= 11 is 1.46. The summed E-state index contributed by atoms with van der Waals surface area (Å²) in [5.74, 6) is -1.04. The maximum absolute atomic E-state index is 11.7. The highest BCUT2D eigenvalue weighted by molar-refractivity contribution is 7.09. The van der Waals surface area contributed by atoms with Crippen molar-refractivity contribution in [1.82, 2.24) is 15.2 Å². The van der Waals surface area contributed by atoms with Crippen LogP contribution in [0.5, 0.6) is 0 Å². The van der Waals surface area contributed by atoms with E-state index in [0.29, 0.717) is 6.42 Å². The van der Waals surface area contributed by atoms with E-state index in [9.17, 15) is 9.59 Å². The van der Waals surface area contributed by atoms with Gasteiger partial charge in [-0.15, -0.1) is 11.3 Å². The van der Waals surface area contributed by atoms with Crippen LogP contribution in [0.15, 0.2) is 11.6 Å². The van der Waals surface area contributed by atoms with Crippen LogP contribution in [0.25, 0.3) is 0 Å². The molecular weight excluding hydrogens is 242 g/mol. The molecule has 0 saturated heterocycles. The molecule has 1 atom stereocenters. The van der Waals surface area contributed by atoms with Crippen LogP contribution in [0.1, 0.15) is 24.4 Å². The molecule has 0 fully saturated rings. The molecule has 17 heavy (non-hydrogen) atoms. The number of aromatic nitrogens is 1. The Balaban J connectivity index is 2.57. The van der Waals surface area contributed by atoms with Gasteiger partial charge in [-0.25, -0.2) is 9.78 Å². The lowest BCUT2D eigenvalue weighted by Crippen LogP contribution is -2.41. The van der Waals surface area contributed by atoms with Gasteiger partial charge < -0.3 is 15.3 Å². The second kappa shape index (κ2) is 6.19. The predicted octanol–water partition coefficient (Wildman–Crippen LogP) is 1.32. The number of nitrogens with zero attached hydrogens (tertiary/aromatic N) is 2. The molecular formula is C10H15N3O3S. The summed E-state index contributed by atoms with van der Waals surface area (Å²) in [5.41, 5.74) is 0. The quantitative estimate of drug-likeness (QED) is 0.833. The smallest absolute Gasteiger partial charge is 0.323 e. The van der Waals surface area contributed by atoms with Gasteiger partial charge in [0.25, 0.3) is 0 Å². The number of hydrogen-bond acceptors (Lipinski definition) is 4. The highest BCUT2D eigenvalue weighted by Gasteiger charge is 2.18. The van der Waals surface area contributed by atoms with Gasteiger partial charge >= 0.3 is 12.0 Å². The number of amides is 2. The zero-order valence-electron chi connectivity index (χ0n) is 9.71. The third-order valence-corrected chi connectivity index (χ3v) is 3.06. The summed E-state index contributed by atoms with van der Waals surface area (Å²) in [6.07, 6.45) is 2.38. The van der Waals surface area contributed by atoms with E-state index in [0.717, 1.165) is 9.91 Å². The van der Waals surface area contributed by atoms with E-state index in [1.807, 2.05) is 12.3 Å². The molecule has 0 aliphatic heterocycles. The Hall–Kier alpha value is -1.63. The number of aliphatic carboxylic acids is 1. The predicted molar refractivity (Wildman–Crippen MR) is 63.9 cm³/mol. The molecule has 7 heteroatoms. The third kappa shape index (κ3) is 4.03. The Kier molecular flexibility index (Phi) is 4.89. The first-order valence-corrected chi connectivity index (χ1v) is 6.05. The first-order valence-electron chi connectivity index (χ1n) is 5.17. The molecule has 2 amide bonds.